The fourth-order valence-electron chi connectivity index (χ4n) is 2.06. The normalized spacial score (nSPS) is 14.4. The van der Waals surface area contributed by atoms with Crippen molar-refractivity contribution in [3.63, 3.8) is 0 Å². The maximum Gasteiger partial charge on any atom is 0.201 e. The minimum atomic E-state index is -2.88. The van der Waals surface area contributed by atoms with Crippen molar-refractivity contribution >= 4 is 16.5 Å². The van der Waals surface area contributed by atoms with Crippen molar-refractivity contribution in [2.75, 3.05) is 12.8 Å². The summed E-state index contributed by atoms with van der Waals surface area (Å²) in [6.07, 6.45) is 0. The standard InChI is InChI=1S/C14H15F2NO/c1-7(2)10-6-9(17)4-8-5-11(15)13(16)14(18-3)12(8)10/h4-7H,17H2,1-3H3/i3D3. The van der Waals surface area contributed by atoms with Gasteiger partial charge < -0.3 is 10.5 Å². The molecule has 2 N–H and O–H groups in total. The molecule has 0 radical (unpaired) electrons. The van der Waals surface area contributed by atoms with Crippen LogP contribution in [-0.4, -0.2) is 7.04 Å². The van der Waals surface area contributed by atoms with E-state index in [0.29, 0.717) is 16.6 Å². The second-order valence-electron chi connectivity index (χ2n) is 4.47. The highest BCUT2D eigenvalue weighted by Crippen LogP contribution is 2.37. The van der Waals surface area contributed by atoms with E-state index >= 15 is 0 Å². The third-order valence-corrected chi connectivity index (χ3v) is 2.86. The Morgan fingerprint density at radius 1 is 1.28 bits per heavy atom. The van der Waals surface area contributed by atoms with E-state index in [2.05, 4.69) is 0 Å². The van der Waals surface area contributed by atoms with E-state index in [1.54, 1.807) is 6.07 Å². The second-order valence-corrected chi connectivity index (χ2v) is 4.47. The Bertz CT molecular complexity index is 699. The van der Waals surface area contributed by atoms with Gasteiger partial charge >= 0.3 is 0 Å². The molecule has 2 aromatic rings. The number of fused-ring (bicyclic) bond motifs is 1. The van der Waals surface area contributed by atoms with Crippen LogP contribution in [0.15, 0.2) is 18.2 Å². The number of halogens is 2. The zero-order valence-corrected chi connectivity index (χ0v) is 10.1. The zero-order chi connectivity index (χ0) is 15.9. The molecule has 4 heteroatoms. The van der Waals surface area contributed by atoms with Gasteiger partial charge in [0.15, 0.2) is 11.6 Å². The van der Waals surface area contributed by atoms with Crippen LogP contribution in [0.1, 0.15) is 29.4 Å². The Morgan fingerprint density at radius 3 is 2.61 bits per heavy atom. The van der Waals surface area contributed by atoms with Crippen LogP contribution in [-0.2, 0) is 0 Å². The molecule has 18 heavy (non-hydrogen) atoms. The number of rotatable bonds is 2. The number of anilines is 1. The Labute approximate surface area is 109 Å². The fraction of sp³-hybridized carbons (Fsp3) is 0.286. The molecular weight excluding hydrogens is 236 g/mol. The molecule has 0 unspecified atom stereocenters. The first-order chi connectivity index (χ1) is 9.60. The van der Waals surface area contributed by atoms with E-state index < -0.39 is 24.4 Å². The van der Waals surface area contributed by atoms with Crippen LogP contribution >= 0.6 is 0 Å². The first-order valence-electron chi connectivity index (χ1n) is 7.00. The molecule has 2 rings (SSSR count). The monoisotopic (exact) mass is 254 g/mol. The van der Waals surface area contributed by atoms with Crippen molar-refractivity contribution in [2.45, 2.75) is 19.8 Å². The van der Waals surface area contributed by atoms with Crippen LogP contribution in [0.5, 0.6) is 5.75 Å². The van der Waals surface area contributed by atoms with Crippen LogP contribution in [0.2, 0.25) is 0 Å². The zero-order valence-electron chi connectivity index (χ0n) is 13.1. The Hall–Kier alpha value is -1.84. The lowest BCUT2D eigenvalue weighted by atomic mass is 9.94. The molecular formula is C14H15F2NO. The Balaban J connectivity index is 2.89. The van der Waals surface area contributed by atoms with E-state index in [1.807, 2.05) is 13.8 Å². The summed E-state index contributed by atoms with van der Waals surface area (Å²) < 4.78 is 53.8. The lowest BCUT2D eigenvalue weighted by Gasteiger charge is -2.15. The average Bonchev–Trinajstić information content (AvgIpc) is 2.32. The summed E-state index contributed by atoms with van der Waals surface area (Å²) in [5.41, 5.74) is 6.75. The number of hydrogen-bond acceptors (Lipinski definition) is 2. The third-order valence-electron chi connectivity index (χ3n) is 2.86. The van der Waals surface area contributed by atoms with Gasteiger partial charge in [-0.2, -0.15) is 4.39 Å². The molecule has 0 aliphatic rings. The van der Waals surface area contributed by atoms with Gasteiger partial charge in [-0.25, -0.2) is 4.39 Å². The van der Waals surface area contributed by atoms with Crippen LogP contribution in [0.4, 0.5) is 14.5 Å². The van der Waals surface area contributed by atoms with Crippen LogP contribution in [0.3, 0.4) is 0 Å². The first-order valence-corrected chi connectivity index (χ1v) is 5.50. The predicted octanol–water partition coefficient (Wildman–Crippen LogP) is 3.83. The summed E-state index contributed by atoms with van der Waals surface area (Å²) in [5, 5.41) is 0.533. The van der Waals surface area contributed by atoms with E-state index in [0.717, 1.165) is 6.07 Å². The van der Waals surface area contributed by atoms with E-state index in [-0.39, 0.29) is 11.3 Å². The minimum Gasteiger partial charge on any atom is -0.493 e. The van der Waals surface area contributed by atoms with Gasteiger partial charge in [0.25, 0.3) is 0 Å². The summed E-state index contributed by atoms with van der Waals surface area (Å²) >= 11 is 0. The molecule has 0 aliphatic heterocycles. The quantitative estimate of drug-likeness (QED) is 0.826. The average molecular weight is 254 g/mol. The topological polar surface area (TPSA) is 35.2 Å². The van der Waals surface area contributed by atoms with E-state index in [9.17, 15) is 8.78 Å². The van der Waals surface area contributed by atoms with E-state index in [1.165, 1.54) is 6.07 Å². The van der Waals surface area contributed by atoms with Gasteiger partial charge in [-0.15, -0.1) is 0 Å². The molecule has 0 heterocycles. The summed E-state index contributed by atoms with van der Waals surface area (Å²) in [5.74, 6) is -3.17. The van der Waals surface area contributed by atoms with Gasteiger partial charge in [-0.3, -0.25) is 0 Å². The molecule has 0 amide bonds. The Kier molecular flexibility index (Phi) is 2.25. The molecule has 0 saturated heterocycles. The van der Waals surface area contributed by atoms with Crippen LogP contribution < -0.4 is 10.5 Å². The molecule has 0 aromatic heterocycles. The maximum atomic E-state index is 14.0. The van der Waals surface area contributed by atoms with Crippen LogP contribution in [0, 0.1) is 11.6 Å². The van der Waals surface area contributed by atoms with Gasteiger partial charge in [0.05, 0.1) is 11.2 Å². The van der Waals surface area contributed by atoms with Gasteiger partial charge in [0.2, 0.25) is 5.82 Å². The van der Waals surface area contributed by atoms with Gasteiger partial charge in [-0.05, 0) is 35.1 Å². The molecule has 0 bridgehead atoms. The lowest BCUT2D eigenvalue weighted by molar-refractivity contribution is 0.377. The van der Waals surface area contributed by atoms with Crippen molar-refractivity contribution in [2.24, 2.45) is 0 Å². The molecule has 0 atom stereocenters. The van der Waals surface area contributed by atoms with Crippen molar-refractivity contribution in [1.29, 1.82) is 0 Å². The number of nitrogens with two attached hydrogens (primary N) is 1. The summed E-state index contributed by atoms with van der Waals surface area (Å²) in [6, 6.07) is 4.05. The van der Waals surface area contributed by atoms with Crippen LogP contribution in [0.25, 0.3) is 10.8 Å². The second kappa shape index (κ2) is 4.44. The van der Waals surface area contributed by atoms with Gasteiger partial charge in [-0.1, -0.05) is 13.8 Å². The highest BCUT2D eigenvalue weighted by molar-refractivity contribution is 5.94. The van der Waals surface area contributed by atoms with Gasteiger partial charge in [0.1, 0.15) is 0 Å². The number of hydrogen-bond donors (Lipinski definition) is 1. The maximum absolute atomic E-state index is 14.0. The van der Waals surface area contributed by atoms with Crippen molar-refractivity contribution < 1.29 is 17.6 Å². The summed E-state index contributed by atoms with van der Waals surface area (Å²) in [6.45, 7) is 3.68. The molecule has 0 aliphatic carbocycles. The Morgan fingerprint density at radius 2 is 2.00 bits per heavy atom. The largest absolute Gasteiger partial charge is 0.493 e. The number of benzene rings is 2. The van der Waals surface area contributed by atoms with E-state index in [4.69, 9.17) is 14.6 Å². The highest BCUT2D eigenvalue weighted by Gasteiger charge is 2.18. The molecule has 0 fully saturated rings. The summed E-state index contributed by atoms with van der Waals surface area (Å²) in [4.78, 5) is 0. The molecule has 2 nitrogen and oxygen atoms in total. The van der Waals surface area contributed by atoms with Crippen molar-refractivity contribution in [1.82, 2.24) is 0 Å². The SMILES string of the molecule is [2H]C([2H])([2H])Oc1c(F)c(F)cc2cc(N)cc(C(C)C)c12. The minimum absolute atomic E-state index is 0.0696. The summed E-state index contributed by atoms with van der Waals surface area (Å²) in [7, 11) is -2.88. The molecule has 96 valence electrons. The fourth-order valence-corrected chi connectivity index (χ4v) is 2.06. The predicted molar refractivity (Wildman–Crippen MR) is 68.9 cm³/mol. The number of nitrogen functional groups attached to an aromatic ring is 1. The molecule has 0 saturated carbocycles. The number of methoxy groups -OCH3 is 1. The third kappa shape index (κ3) is 1.88. The highest BCUT2D eigenvalue weighted by atomic mass is 19.2. The van der Waals surface area contributed by atoms with Crippen molar-refractivity contribution in [3.8, 4) is 5.75 Å². The molecule has 0 spiro atoms. The lowest BCUT2D eigenvalue weighted by Crippen LogP contribution is -2.00. The smallest absolute Gasteiger partial charge is 0.201 e. The van der Waals surface area contributed by atoms with Crippen molar-refractivity contribution in [3.05, 3.63) is 35.4 Å². The van der Waals surface area contributed by atoms with Gasteiger partial charge in [0, 0.05) is 11.1 Å². The number of ether oxygens (including phenoxy) is 1. The first kappa shape index (κ1) is 9.14. The molecule has 2 aromatic carbocycles.